The summed E-state index contributed by atoms with van der Waals surface area (Å²) in [5, 5.41) is 9.56. The van der Waals surface area contributed by atoms with Crippen LogP contribution in [0.3, 0.4) is 0 Å². The molecule has 1 atom stereocenters. The molecule has 3 N–H and O–H groups in total. The number of rotatable bonds is 5. The van der Waals surface area contributed by atoms with E-state index in [1.165, 1.54) is 5.57 Å². The predicted octanol–water partition coefficient (Wildman–Crippen LogP) is 4.86. The van der Waals surface area contributed by atoms with Crippen molar-refractivity contribution >= 4 is 0 Å². The number of allylic oxidation sites excluding steroid dienone is 2. The van der Waals surface area contributed by atoms with Gasteiger partial charge in [-0.1, -0.05) is 30.6 Å². The second-order valence-corrected chi connectivity index (χ2v) is 4.77. The third-order valence-corrected chi connectivity index (χ3v) is 2.71. The standard InChI is InChI=1S/C11H20O.C11H4.H2O.8H2/c1-5-10(3)8-7-9-11(4,12)6-2;1-3-5-7-9-11-10-8-6-4-2;;;;;;;;;/h6,8,12H,2,5,7,9H2,1,3-4H3;1H,2H3;1H2;8*1H/b10-8-;;;;;;;;;;. The van der Waals surface area contributed by atoms with Crippen molar-refractivity contribution in [3.05, 3.63) is 24.3 Å². The van der Waals surface area contributed by atoms with Crippen LogP contribution in [0.15, 0.2) is 24.3 Å². The molecule has 0 spiro atoms. The Morgan fingerprint density at radius 1 is 1.17 bits per heavy atom. The highest BCUT2D eigenvalue weighted by Crippen LogP contribution is 2.14. The Bertz CT molecular complexity index is 696. The molecule has 24 heavy (non-hydrogen) atoms. The normalized spacial score (nSPS) is 10.2. The zero-order chi connectivity index (χ0) is 18.0. The number of terminal acetylenes is 1. The molecule has 0 rings (SSSR count). The summed E-state index contributed by atoms with van der Waals surface area (Å²) in [4.78, 5) is 0. The van der Waals surface area contributed by atoms with Crippen molar-refractivity contribution in [2.45, 2.75) is 52.6 Å². The molecule has 0 aliphatic heterocycles. The zero-order valence-corrected chi connectivity index (χ0v) is 15.0. The van der Waals surface area contributed by atoms with Gasteiger partial charge in [0.2, 0.25) is 0 Å². The lowest BCUT2D eigenvalue weighted by Gasteiger charge is -2.16. The Labute approximate surface area is 159 Å². The minimum absolute atomic E-state index is 0. The molecule has 0 aliphatic carbocycles. The van der Waals surface area contributed by atoms with E-state index in [1.807, 2.05) is 0 Å². The monoisotopic (exact) mass is 338 g/mol. The van der Waals surface area contributed by atoms with E-state index < -0.39 is 5.60 Å². The molecule has 142 valence electrons. The van der Waals surface area contributed by atoms with Gasteiger partial charge in [-0.05, 0) is 87.4 Å². The van der Waals surface area contributed by atoms with Crippen LogP contribution in [-0.4, -0.2) is 16.2 Å². The van der Waals surface area contributed by atoms with Crippen molar-refractivity contribution in [2.24, 2.45) is 0 Å². The first kappa shape index (κ1) is 26.1. The molecular weight excluding hydrogens is 296 g/mol. The third kappa shape index (κ3) is 21.5. The molecular formula is C22H42O2. The maximum Gasteiger partial charge on any atom is 0.0800 e. The van der Waals surface area contributed by atoms with Crippen LogP contribution < -0.4 is 0 Å². The number of hydrogen-bond donors (Lipinski definition) is 1. The van der Waals surface area contributed by atoms with Crippen LogP contribution in [0.25, 0.3) is 0 Å². The first-order valence-corrected chi connectivity index (χ1v) is 7.32. The van der Waals surface area contributed by atoms with Crippen LogP contribution in [0.4, 0.5) is 0 Å². The second kappa shape index (κ2) is 18.2. The topological polar surface area (TPSA) is 51.7 Å². The molecule has 2 nitrogen and oxygen atoms in total. The fourth-order valence-electron chi connectivity index (χ4n) is 1.11. The van der Waals surface area contributed by atoms with Crippen molar-refractivity contribution in [3.8, 4) is 59.7 Å². The highest BCUT2D eigenvalue weighted by molar-refractivity contribution is 5.41. The quantitative estimate of drug-likeness (QED) is 0.565. The van der Waals surface area contributed by atoms with Gasteiger partial charge in [0, 0.05) is 11.4 Å². The third-order valence-electron chi connectivity index (χ3n) is 2.71. The summed E-state index contributed by atoms with van der Waals surface area (Å²) >= 11 is 0. The van der Waals surface area contributed by atoms with E-state index >= 15 is 0 Å². The Hall–Kier alpha value is -2.80. The predicted molar refractivity (Wildman–Crippen MR) is 120 cm³/mol. The van der Waals surface area contributed by atoms with Crippen molar-refractivity contribution in [2.75, 3.05) is 0 Å². The van der Waals surface area contributed by atoms with Gasteiger partial charge in [-0.2, -0.15) is 0 Å². The van der Waals surface area contributed by atoms with Crippen LogP contribution in [-0.2, 0) is 0 Å². The van der Waals surface area contributed by atoms with Gasteiger partial charge in [0.25, 0.3) is 0 Å². The van der Waals surface area contributed by atoms with E-state index in [1.54, 1.807) is 19.9 Å². The summed E-state index contributed by atoms with van der Waals surface area (Å²) < 4.78 is 0. The SMILES string of the molecule is C#CC#CC#CC#CC#CC.C=CC(C)(O)CC/C=C(/C)CC.O.[HH].[HH].[HH].[HH].[HH].[HH].[HH].[HH]. The van der Waals surface area contributed by atoms with Crippen molar-refractivity contribution in [3.63, 3.8) is 0 Å². The van der Waals surface area contributed by atoms with Crippen LogP contribution >= 0.6 is 0 Å². The van der Waals surface area contributed by atoms with Crippen molar-refractivity contribution in [1.29, 1.82) is 0 Å². The molecule has 0 fully saturated rings. The molecule has 0 aromatic rings. The van der Waals surface area contributed by atoms with E-state index in [-0.39, 0.29) is 16.9 Å². The smallest absolute Gasteiger partial charge is 0.0800 e. The summed E-state index contributed by atoms with van der Waals surface area (Å²) in [5.41, 5.74) is 0.680. The number of aliphatic hydroxyl groups is 1. The molecule has 2 heteroatoms. The summed E-state index contributed by atoms with van der Waals surface area (Å²) in [5.74, 6) is 22.0. The summed E-state index contributed by atoms with van der Waals surface area (Å²) in [6.45, 7) is 11.3. The van der Waals surface area contributed by atoms with E-state index in [2.05, 4.69) is 79.8 Å². The van der Waals surface area contributed by atoms with Crippen molar-refractivity contribution in [1.82, 2.24) is 0 Å². The van der Waals surface area contributed by atoms with Crippen LogP contribution in [0.2, 0.25) is 0 Å². The van der Waals surface area contributed by atoms with E-state index in [0.29, 0.717) is 0 Å². The fourth-order valence-corrected chi connectivity index (χ4v) is 1.11. The minimum Gasteiger partial charge on any atom is -0.412 e. The Balaban J connectivity index is -0.0000000239. The second-order valence-electron chi connectivity index (χ2n) is 4.77. The van der Waals surface area contributed by atoms with E-state index in [4.69, 9.17) is 6.42 Å². The van der Waals surface area contributed by atoms with Gasteiger partial charge >= 0.3 is 0 Å². The average molecular weight is 339 g/mol. The Morgan fingerprint density at radius 2 is 1.67 bits per heavy atom. The largest absolute Gasteiger partial charge is 0.412 e. The number of hydrogen-bond acceptors (Lipinski definition) is 1. The van der Waals surface area contributed by atoms with Crippen LogP contribution in [0, 0.1) is 59.7 Å². The fraction of sp³-hybridized carbons (Fsp3) is 0.364. The molecule has 0 saturated heterocycles. The summed E-state index contributed by atoms with van der Waals surface area (Å²) in [7, 11) is 0. The van der Waals surface area contributed by atoms with Gasteiger partial charge in [-0.15, -0.1) is 13.0 Å². The van der Waals surface area contributed by atoms with E-state index in [9.17, 15) is 5.11 Å². The summed E-state index contributed by atoms with van der Waals surface area (Å²) in [6, 6.07) is 0. The lowest BCUT2D eigenvalue weighted by molar-refractivity contribution is 0.103. The molecule has 0 saturated carbocycles. The highest BCUT2D eigenvalue weighted by Gasteiger charge is 2.12. The zero-order valence-electron chi connectivity index (χ0n) is 15.0. The molecule has 0 heterocycles. The van der Waals surface area contributed by atoms with Crippen molar-refractivity contribution < 1.29 is 22.0 Å². The molecule has 0 aromatic carbocycles. The van der Waals surface area contributed by atoms with Crippen LogP contribution in [0.5, 0.6) is 0 Å². The molecule has 0 radical (unpaired) electrons. The van der Waals surface area contributed by atoms with Gasteiger partial charge < -0.3 is 10.6 Å². The molecule has 0 bridgehead atoms. The maximum absolute atomic E-state index is 9.56. The first-order valence-electron chi connectivity index (χ1n) is 7.32. The average Bonchev–Trinajstić information content (AvgIpc) is 2.54. The minimum atomic E-state index is -0.704. The van der Waals surface area contributed by atoms with E-state index in [0.717, 1.165) is 19.3 Å². The lowest BCUT2D eigenvalue weighted by Crippen LogP contribution is -2.19. The highest BCUT2D eigenvalue weighted by atomic mass is 16.3. The molecule has 1 unspecified atom stereocenters. The molecule has 0 aromatic heterocycles. The Morgan fingerprint density at radius 3 is 2.08 bits per heavy atom. The van der Waals surface area contributed by atoms with Gasteiger partial charge in [-0.3, -0.25) is 0 Å². The van der Waals surface area contributed by atoms with Crippen LogP contribution in [0.1, 0.15) is 58.4 Å². The lowest BCUT2D eigenvalue weighted by atomic mass is 9.99. The van der Waals surface area contributed by atoms with Gasteiger partial charge in [0.15, 0.2) is 0 Å². The first-order chi connectivity index (χ1) is 10.9. The van der Waals surface area contributed by atoms with Gasteiger partial charge in [0.05, 0.1) is 5.60 Å². The Kier molecular flexibility index (Phi) is 19.9. The maximum atomic E-state index is 9.56. The molecule has 0 amide bonds. The van der Waals surface area contributed by atoms with Gasteiger partial charge in [-0.25, -0.2) is 0 Å². The van der Waals surface area contributed by atoms with Gasteiger partial charge in [0.1, 0.15) is 0 Å². The molecule has 0 aliphatic rings. The summed E-state index contributed by atoms with van der Waals surface area (Å²) in [6.07, 6.45) is 11.4.